The predicted octanol–water partition coefficient (Wildman–Crippen LogP) is 0.757. The second-order valence-corrected chi connectivity index (χ2v) is 3.74. The summed E-state index contributed by atoms with van der Waals surface area (Å²) < 4.78 is 0.770. The fourth-order valence-electron chi connectivity index (χ4n) is 1.68. The summed E-state index contributed by atoms with van der Waals surface area (Å²) in [4.78, 5) is 1.44. The molecule has 0 unspecified atom stereocenters. The van der Waals surface area contributed by atoms with E-state index in [1.54, 1.807) is 13.0 Å². The summed E-state index contributed by atoms with van der Waals surface area (Å²) in [7, 11) is 0. The van der Waals surface area contributed by atoms with E-state index < -0.39 is 0 Å². The number of hydrogen-bond donors (Lipinski definition) is 0. The molecule has 2 aromatic heterocycles. The van der Waals surface area contributed by atoms with Crippen LogP contribution in [0, 0.1) is 12.1 Å². The molecule has 0 spiro atoms. The number of benzene rings is 1. The van der Waals surface area contributed by atoms with Crippen LogP contribution in [0.4, 0.5) is 0 Å². The van der Waals surface area contributed by atoms with Crippen molar-refractivity contribution in [3.05, 3.63) is 47.7 Å². The summed E-state index contributed by atoms with van der Waals surface area (Å²) in [5.74, 6) is 0.608. The van der Waals surface area contributed by atoms with Crippen LogP contribution in [0.25, 0.3) is 16.5 Å². The Balaban J connectivity index is 2.18. The summed E-state index contributed by atoms with van der Waals surface area (Å²) in [5, 5.41) is 24.9. The van der Waals surface area contributed by atoms with E-state index in [0.29, 0.717) is 5.82 Å². The number of fused-ring (bicyclic) bond motifs is 1. The maximum Gasteiger partial charge on any atom is 0.188 e. The lowest BCUT2D eigenvalue weighted by atomic mass is 10.1. The van der Waals surface area contributed by atoms with Gasteiger partial charge in [0.25, 0.3) is 0 Å². The van der Waals surface area contributed by atoms with E-state index in [0.717, 1.165) is 21.2 Å². The highest BCUT2D eigenvalue weighted by atomic mass is 16.5. The van der Waals surface area contributed by atoms with Gasteiger partial charge in [-0.3, -0.25) is 0 Å². The van der Waals surface area contributed by atoms with Gasteiger partial charge in [0.1, 0.15) is 0 Å². The minimum absolute atomic E-state index is 0.608. The van der Waals surface area contributed by atoms with Crippen LogP contribution in [0.3, 0.4) is 0 Å². The van der Waals surface area contributed by atoms with Crippen molar-refractivity contribution in [1.29, 1.82) is 0 Å². The van der Waals surface area contributed by atoms with Crippen LogP contribution in [0.5, 0.6) is 0 Å². The minimum Gasteiger partial charge on any atom is -0.619 e. The van der Waals surface area contributed by atoms with Gasteiger partial charge in [0, 0.05) is 11.5 Å². The lowest BCUT2D eigenvalue weighted by molar-refractivity contribution is -0.603. The molecule has 0 fully saturated rings. The van der Waals surface area contributed by atoms with Gasteiger partial charge in [-0.1, -0.05) is 6.07 Å². The molecule has 0 bridgehead atoms. The molecule has 3 rings (SSSR count). The Morgan fingerprint density at radius 2 is 2.12 bits per heavy atom. The number of tetrazole rings is 1. The fraction of sp³-hybridized carbons (Fsp3) is 0.0909. The first-order valence-electron chi connectivity index (χ1n) is 5.12. The normalized spacial score (nSPS) is 10.9. The number of aromatic nitrogens is 5. The molecule has 0 saturated carbocycles. The van der Waals surface area contributed by atoms with Crippen molar-refractivity contribution in [3.8, 4) is 5.69 Å². The Morgan fingerprint density at radius 1 is 1.24 bits per heavy atom. The lowest BCUT2D eigenvalue weighted by Gasteiger charge is -2.01. The Morgan fingerprint density at radius 3 is 2.88 bits per heavy atom. The first-order chi connectivity index (χ1) is 8.22. The van der Waals surface area contributed by atoms with E-state index in [1.165, 1.54) is 17.2 Å². The molecule has 0 N–H and O–H groups in total. The van der Waals surface area contributed by atoms with E-state index in [4.69, 9.17) is 0 Å². The monoisotopic (exact) mass is 227 g/mol. The Labute approximate surface area is 96.7 Å². The van der Waals surface area contributed by atoms with E-state index in [9.17, 15) is 5.21 Å². The van der Waals surface area contributed by atoms with E-state index in [-0.39, 0.29) is 0 Å². The molecule has 84 valence electrons. The van der Waals surface area contributed by atoms with Crippen LogP contribution in [0.1, 0.15) is 5.82 Å². The zero-order valence-electron chi connectivity index (χ0n) is 9.11. The molecule has 2 heterocycles. The van der Waals surface area contributed by atoms with Crippen molar-refractivity contribution in [3.63, 3.8) is 0 Å². The van der Waals surface area contributed by atoms with Gasteiger partial charge in [-0.25, -0.2) is 0 Å². The number of nitrogens with zero attached hydrogens (tertiary/aromatic N) is 5. The first kappa shape index (κ1) is 9.71. The maximum atomic E-state index is 11.2. The van der Waals surface area contributed by atoms with Gasteiger partial charge in [0.2, 0.25) is 0 Å². The highest BCUT2D eigenvalue weighted by Crippen LogP contribution is 2.15. The predicted molar refractivity (Wildman–Crippen MR) is 60.4 cm³/mol. The van der Waals surface area contributed by atoms with Crippen molar-refractivity contribution in [2.45, 2.75) is 6.92 Å². The average Bonchev–Trinajstić information content (AvgIpc) is 2.75. The summed E-state index contributed by atoms with van der Waals surface area (Å²) in [6, 6.07) is 7.43. The van der Waals surface area contributed by atoms with Crippen molar-refractivity contribution in [2.24, 2.45) is 0 Å². The summed E-state index contributed by atoms with van der Waals surface area (Å²) >= 11 is 0. The molecule has 0 saturated heterocycles. The standard InChI is InChI=1S/C11H9N5O/c1-8-12-14-16(13-8)11-3-2-9-4-5-15(17)7-10(9)6-11/h2-7H,1H3. The van der Waals surface area contributed by atoms with Gasteiger partial charge in [-0.2, -0.15) is 4.73 Å². The number of pyridine rings is 1. The average molecular weight is 227 g/mol. The highest BCUT2D eigenvalue weighted by molar-refractivity contribution is 5.82. The maximum absolute atomic E-state index is 11.2. The Hall–Kier alpha value is -2.50. The van der Waals surface area contributed by atoms with Crippen molar-refractivity contribution in [2.75, 3.05) is 0 Å². The molecule has 0 aliphatic rings. The Kier molecular flexibility index (Phi) is 2.01. The molecular formula is C11H9N5O. The molecule has 0 atom stereocenters. The van der Waals surface area contributed by atoms with Gasteiger partial charge < -0.3 is 5.21 Å². The minimum atomic E-state index is 0.608. The molecule has 17 heavy (non-hydrogen) atoms. The molecule has 0 aliphatic heterocycles. The van der Waals surface area contributed by atoms with Crippen molar-refractivity contribution < 1.29 is 4.73 Å². The fourth-order valence-corrected chi connectivity index (χ4v) is 1.68. The topological polar surface area (TPSA) is 70.5 Å². The highest BCUT2D eigenvalue weighted by Gasteiger charge is 2.04. The lowest BCUT2D eigenvalue weighted by Crippen LogP contribution is -2.23. The summed E-state index contributed by atoms with van der Waals surface area (Å²) in [6.07, 6.45) is 2.99. The molecule has 0 aliphatic carbocycles. The van der Waals surface area contributed by atoms with Crippen molar-refractivity contribution in [1.82, 2.24) is 20.2 Å². The SMILES string of the molecule is Cc1nnn(-c2ccc3cc[n+]([O-])cc3c2)n1. The van der Waals surface area contributed by atoms with Crippen LogP contribution < -0.4 is 4.73 Å². The van der Waals surface area contributed by atoms with Gasteiger partial charge in [-0.05, 0) is 29.7 Å². The van der Waals surface area contributed by atoms with Crippen LogP contribution in [-0.4, -0.2) is 20.2 Å². The molecule has 6 heteroatoms. The summed E-state index contributed by atoms with van der Waals surface area (Å²) in [5.41, 5.74) is 0.782. The van der Waals surface area contributed by atoms with Crippen LogP contribution in [0.15, 0.2) is 36.7 Å². The van der Waals surface area contributed by atoms with E-state index in [2.05, 4.69) is 15.4 Å². The smallest absolute Gasteiger partial charge is 0.188 e. The molecule has 0 amide bonds. The zero-order valence-corrected chi connectivity index (χ0v) is 9.11. The first-order valence-corrected chi connectivity index (χ1v) is 5.12. The van der Waals surface area contributed by atoms with Gasteiger partial charge in [-0.15, -0.1) is 15.0 Å². The van der Waals surface area contributed by atoms with E-state index >= 15 is 0 Å². The summed E-state index contributed by atoms with van der Waals surface area (Å²) in [6.45, 7) is 1.77. The molecule has 1 aromatic carbocycles. The third-order valence-corrected chi connectivity index (χ3v) is 2.48. The molecule has 6 nitrogen and oxygen atoms in total. The number of hydrogen-bond acceptors (Lipinski definition) is 4. The van der Waals surface area contributed by atoms with Crippen LogP contribution >= 0.6 is 0 Å². The third-order valence-electron chi connectivity index (χ3n) is 2.48. The largest absolute Gasteiger partial charge is 0.619 e. The molecule has 0 radical (unpaired) electrons. The molecular weight excluding hydrogens is 218 g/mol. The zero-order chi connectivity index (χ0) is 11.8. The van der Waals surface area contributed by atoms with Gasteiger partial charge >= 0.3 is 0 Å². The van der Waals surface area contributed by atoms with Gasteiger partial charge in [0.15, 0.2) is 18.2 Å². The quantitative estimate of drug-likeness (QED) is 0.454. The van der Waals surface area contributed by atoms with Crippen LogP contribution in [0.2, 0.25) is 0 Å². The number of aryl methyl sites for hydroxylation is 1. The third kappa shape index (κ3) is 1.69. The van der Waals surface area contributed by atoms with E-state index in [1.807, 2.05) is 18.2 Å². The van der Waals surface area contributed by atoms with Crippen LogP contribution in [-0.2, 0) is 0 Å². The van der Waals surface area contributed by atoms with Gasteiger partial charge in [0.05, 0.1) is 5.69 Å². The second kappa shape index (κ2) is 3.51. The Bertz CT molecular complexity index is 691. The second-order valence-electron chi connectivity index (χ2n) is 3.74. The number of rotatable bonds is 1. The van der Waals surface area contributed by atoms with Crippen molar-refractivity contribution >= 4 is 10.8 Å². The molecule has 3 aromatic rings.